The fraction of sp³-hybridized carbons (Fsp3) is 0.611. The first-order chi connectivity index (χ1) is 11.0. The van der Waals surface area contributed by atoms with Gasteiger partial charge in [-0.3, -0.25) is 9.69 Å². The van der Waals surface area contributed by atoms with Crippen molar-refractivity contribution in [2.45, 2.75) is 32.9 Å². The Morgan fingerprint density at radius 2 is 2.22 bits per heavy atom. The zero-order valence-corrected chi connectivity index (χ0v) is 14.6. The zero-order valence-electron chi connectivity index (χ0n) is 14.6. The molecule has 5 nitrogen and oxygen atoms in total. The molecule has 0 spiro atoms. The topological polar surface area (TPSA) is 50.8 Å². The maximum Gasteiger partial charge on any atom is 0.234 e. The molecule has 0 radical (unpaired) electrons. The number of methoxy groups -OCH3 is 1. The molecule has 1 aromatic carbocycles. The summed E-state index contributed by atoms with van der Waals surface area (Å²) in [6.45, 7) is 9.17. The van der Waals surface area contributed by atoms with Gasteiger partial charge in [-0.25, -0.2) is 0 Å². The molecule has 2 atom stereocenters. The summed E-state index contributed by atoms with van der Waals surface area (Å²) in [4.78, 5) is 14.2. The number of nitrogens with one attached hydrogen (secondary N) is 1. The van der Waals surface area contributed by atoms with Crippen LogP contribution in [0, 0.1) is 13.8 Å². The number of amides is 1. The third-order valence-corrected chi connectivity index (χ3v) is 4.32. The lowest BCUT2D eigenvalue weighted by molar-refractivity contribution is -0.126. The van der Waals surface area contributed by atoms with Gasteiger partial charge < -0.3 is 14.8 Å². The molecule has 1 aromatic rings. The Morgan fingerprint density at radius 3 is 2.96 bits per heavy atom. The second-order valence-corrected chi connectivity index (χ2v) is 6.30. The van der Waals surface area contributed by atoms with E-state index in [9.17, 15) is 4.79 Å². The molecule has 0 aliphatic carbocycles. The molecule has 1 fully saturated rings. The molecule has 2 unspecified atom stereocenters. The molecule has 0 bridgehead atoms. The number of carbonyl (C=O) groups excluding carboxylic acids is 1. The normalized spacial score (nSPS) is 22.1. The number of carbonyl (C=O) groups is 1. The third-order valence-electron chi connectivity index (χ3n) is 4.32. The van der Waals surface area contributed by atoms with Crippen molar-refractivity contribution in [3.8, 4) is 0 Å². The molecule has 2 rings (SSSR count). The minimum absolute atomic E-state index is 0.0258. The van der Waals surface area contributed by atoms with Gasteiger partial charge in [-0.05, 0) is 31.9 Å². The van der Waals surface area contributed by atoms with E-state index in [0.29, 0.717) is 26.3 Å². The number of aryl methyl sites for hydroxylation is 2. The number of ether oxygens (including phenoxy) is 2. The lowest BCUT2D eigenvalue weighted by Gasteiger charge is -2.38. The lowest BCUT2D eigenvalue weighted by Crippen LogP contribution is -2.49. The van der Waals surface area contributed by atoms with Crippen LogP contribution in [0.1, 0.15) is 29.7 Å². The van der Waals surface area contributed by atoms with Gasteiger partial charge in [0.2, 0.25) is 5.91 Å². The van der Waals surface area contributed by atoms with Crippen molar-refractivity contribution in [2.24, 2.45) is 0 Å². The van der Waals surface area contributed by atoms with E-state index in [4.69, 9.17) is 9.47 Å². The largest absolute Gasteiger partial charge is 0.383 e. The van der Waals surface area contributed by atoms with Crippen LogP contribution in [0.2, 0.25) is 0 Å². The van der Waals surface area contributed by atoms with E-state index in [0.717, 1.165) is 6.54 Å². The van der Waals surface area contributed by atoms with Gasteiger partial charge in [-0.1, -0.05) is 23.8 Å². The minimum Gasteiger partial charge on any atom is -0.383 e. The van der Waals surface area contributed by atoms with Crippen molar-refractivity contribution >= 4 is 5.91 Å². The first-order valence-corrected chi connectivity index (χ1v) is 8.19. The third kappa shape index (κ3) is 5.03. The highest BCUT2D eigenvalue weighted by molar-refractivity contribution is 5.78. The summed E-state index contributed by atoms with van der Waals surface area (Å²) in [6.07, 6.45) is 0.0258. The molecule has 5 heteroatoms. The summed E-state index contributed by atoms with van der Waals surface area (Å²) in [5.74, 6) is 0.0375. The average molecular weight is 320 g/mol. The first kappa shape index (κ1) is 17.9. The Balaban J connectivity index is 1.98. The van der Waals surface area contributed by atoms with Crippen molar-refractivity contribution in [3.05, 3.63) is 34.9 Å². The fourth-order valence-electron chi connectivity index (χ4n) is 2.85. The number of rotatable bonds is 6. The lowest BCUT2D eigenvalue weighted by atomic mass is 9.99. The molecule has 0 saturated carbocycles. The predicted octanol–water partition coefficient (Wildman–Crippen LogP) is 1.83. The molecular formula is C18H28N2O3. The molecule has 1 aliphatic rings. The van der Waals surface area contributed by atoms with Gasteiger partial charge in [0.05, 0.1) is 25.9 Å². The summed E-state index contributed by atoms with van der Waals surface area (Å²) in [5.41, 5.74) is 3.69. The Morgan fingerprint density at radius 1 is 1.43 bits per heavy atom. The van der Waals surface area contributed by atoms with E-state index in [1.165, 1.54) is 16.7 Å². The number of benzene rings is 1. The number of nitrogens with zero attached hydrogens (tertiary/aromatic N) is 1. The summed E-state index contributed by atoms with van der Waals surface area (Å²) in [6, 6.07) is 6.68. The van der Waals surface area contributed by atoms with Crippen LogP contribution in [0.15, 0.2) is 18.2 Å². The maximum absolute atomic E-state index is 12.0. The molecular weight excluding hydrogens is 292 g/mol. The van der Waals surface area contributed by atoms with E-state index in [1.807, 2.05) is 0 Å². The number of morpholine rings is 1. The fourth-order valence-corrected chi connectivity index (χ4v) is 2.85. The molecule has 1 N–H and O–H groups in total. The Labute approximate surface area is 139 Å². The van der Waals surface area contributed by atoms with E-state index in [2.05, 4.69) is 49.2 Å². The zero-order chi connectivity index (χ0) is 16.8. The summed E-state index contributed by atoms with van der Waals surface area (Å²) in [5, 5.41) is 2.88. The van der Waals surface area contributed by atoms with Gasteiger partial charge in [-0.15, -0.1) is 0 Å². The molecule has 0 aromatic heterocycles. The number of hydrogen-bond acceptors (Lipinski definition) is 4. The van der Waals surface area contributed by atoms with Crippen molar-refractivity contribution in [2.75, 3.05) is 40.0 Å². The molecule has 23 heavy (non-hydrogen) atoms. The van der Waals surface area contributed by atoms with Crippen LogP contribution in [0.25, 0.3) is 0 Å². The first-order valence-electron chi connectivity index (χ1n) is 8.19. The van der Waals surface area contributed by atoms with Crippen LogP contribution in [-0.4, -0.2) is 56.8 Å². The van der Waals surface area contributed by atoms with Crippen LogP contribution in [0.3, 0.4) is 0 Å². The molecule has 128 valence electrons. The standard InChI is InChI=1S/C18H28N2O3/c1-13-5-6-14(2)16(9-13)17-10-20(15(3)12-23-17)11-18(21)19-7-8-22-4/h5-6,9,15,17H,7-8,10-12H2,1-4H3,(H,19,21). The SMILES string of the molecule is COCCNC(=O)CN1CC(c2cc(C)ccc2C)OCC1C. The highest BCUT2D eigenvalue weighted by atomic mass is 16.5. The van der Waals surface area contributed by atoms with Gasteiger partial charge >= 0.3 is 0 Å². The van der Waals surface area contributed by atoms with E-state index < -0.39 is 0 Å². The van der Waals surface area contributed by atoms with Crippen LogP contribution in [0.5, 0.6) is 0 Å². The van der Waals surface area contributed by atoms with E-state index in [-0.39, 0.29) is 18.1 Å². The highest BCUT2D eigenvalue weighted by Gasteiger charge is 2.29. The smallest absolute Gasteiger partial charge is 0.234 e. The second-order valence-electron chi connectivity index (χ2n) is 6.30. The van der Waals surface area contributed by atoms with E-state index in [1.54, 1.807) is 7.11 Å². The minimum atomic E-state index is 0.0258. The molecule has 1 aliphatic heterocycles. The summed E-state index contributed by atoms with van der Waals surface area (Å²) in [7, 11) is 1.63. The Bertz CT molecular complexity index is 533. The maximum atomic E-state index is 12.0. The summed E-state index contributed by atoms with van der Waals surface area (Å²) < 4.78 is 11.0. The van der Waals surface area contributed by atoms with Gasteiger partial charge in [-0.2, -0.15) is 0 Å². The van der Waals surface area contributed by atoms with Crippen LogP contribution in [-0.2, 0) is 14.3 Å². The van der Waals surface area contributed by atoms with Crippen molar-refractivity contribution in [3.63, 3.8) is 0 Å². The molecule has 1 saturated heterocycles. The summed E-state index contributed by atoms with van der Waals surface area (Å²) >= 11 is 0. The predicted molar refractivity (Wildman–Crippen MR) is 90.5 cm³/mol. The van der Waals surface area contributed by atoms with Crippen LogP contribution >= 0.6 is 0 Å². The second kappa shape index (κ2) is 8.43. The Hall–Kier alpha value is -1.43. The average Bonchev–Trinajstić information content (AvgIpc) is 2.52. The van der Waals surface area contributed by atoms with Crippen molar-refractivity contribution < 1.29 is 14.3 Å². The molecule has 1 amide bonds. The van der Waals surface area contributed by atoms with Crippen LogP contribution in [0.4, 0.5) is 0 Å². The monoisotopic (exact) mass is 320 g/mol. The molecule has 1 heterocycles. The van der Waals surface area contributed by atoms with Gasteiger partial charge in [0.1, 0.15) is 0 Å². The van der Waals surface area contributed by atoms with Crippen LogP contribution < -0.4 is 5.32 Å². The van der Waals surface area contributed by atoms with Gasteiger partial charge in [0.25, 0.3) is 0 Å². The Kier molecular flexibility index (Phi) is 6.57. The van der Waals surface area contributed by atoms with Crippen molar-refractivity contribution in [1.29, 1.82) is 0 Å². The quantitative estimate of drug-likeness (QED) is 0.813. The number of hydrogen-bond donors (Lipinski definition) is 1. The van der Waals surface area contributed by atoms with Gasteiger partial charge in [0.15, 0.2) is 0 Å². The van der Waals surface area contributed by atoms with E-state index >= 15 is 0 Å². The highest BCUT2D eigenvalue weighted by Crippen LogP contribution is 2.27. The van der Waals surface area contributed by atoms with Crippen molar-refractivity contribution in [1.82, 2.24) is 10.2 Å². The van der Waals surface area contributed by atoms with Gasteiger partial charge in [0, 0.05) is 26.2 Å².